The van der Waals surface area contributed by atoms with Gasteiger partial charge in [-0.2, -0.15) is 0 Å². The Morgan fingerprint density at radius 1 is 0.792 bits per heavy atom. The zero-order valence-electron chi connectivity index (χ0n) is 12.4. The van der Waals surface area contributed by atoms with E-state index in [-0.39, 0.29) is 23.9 Å². The first-order valence-electron chi connectivity index (χ1n) is 7.04. The number of H-pyrrole nitrogens is 2. The minimum Gasteiger partial charge on any atom is -0.459 e. The van der Waals surface area contributed by atoms with Crippen LogP contribution < -0.4 is 21.8 Å². The van der Waals surface area contributed by atoms with Gasteiger partial charge in [0.15, 0.2) is 0 Å². The van der Waals surface area contributed by atoms with Crippen LogP contribution in [0.15, 0.2) is 42.7 Å². The third-order valence-corrected chi connectivity index (χ3v) is 3.24. The van der Waals surface area contributed by atoms with E-state index in [0.717, 1.165) is 0 Å². The molecule has 24 heavy (non-hydrogen) atoms. The standard InChI is InChI=1S/C16H14N2O6/c19-7-11-3-1-9(23-11)5-13-15(21)18-14(16(22)17-13)6-10-2-4-12(8-20)24-10/h1-6,19-20H,7-8H2,(H,17,22)(H,18,21). The zero-order chi connectivity index (χ0) is 17.1. The molecule has 0 unspecified atom stereocenters. The summed E-state index contributed by atoms with van der Waals surface area (Å²) in [6, 6.07) is 6.27. The zero-order valence-corrected chi connectivity index (χ0v) is 12.4. The van der Waals surface area contributed by atoms with Crippen LogP contribution in [0.2, 0.25) is 0 Å². The number of aliphatic hydroxyl groups excluding tert-OH is 2. The number of aromatic amines is 2. The maximum atomic E-state index is 12.1. The fourth-order valence-electron chi connectivity index (χ4n) is 2.09. The summed E-state index contributed by atoms with van der Waals surface area (Å²) in [7, 11) is 0. The Kier molecular flexibility index (Phi) is 4.32. The van der Waals surface area contributed by atoms with Gasteiger partial charge in [0.1, 0.15) is 47.0 Å². The van der Waals surface area contributed by atoms with Crippen LogP contribution in [-0.2, 0) is 13.2 Å². The minimum atomic E-state index is -0.517. The predicted octanol–water partition coefficient (Wildman–Crippen LogP) is -1.11. The molecule has 0 amide bonds. The van der Waals surface area contributed by atoms with E-state index < -0.39 is 11.1 Å². The molecule has 0 saturated heterocycles. The topological polar surface area (TPSA) is 132 Å². The number of furan rings is 2. The molecule has 0 aliphatic rings. The van der Waals surface area contributed by atoms with Gasteiger partial charge in [-0.15, -0.1) is 0 Å². The van der Waals surface area contributed by atoms with Gasteiger partial charge in [0.05, 0.1) is 0 Å². The molecule has 3 aromatic heterocycles. The molecule has 4 N–H and O–H groups in total. The van der Waals surface area contributed by atoms with E-state index >= 15 is 0 Å². The van der Waals surface area contributed by atoms with E-state index in [9.17, 15) is 9.59 Å². The van der Waals surface area contributed by atoms with Crippen LogP contribution in [0.25, 0.3) is 12.2 Å². The number of rotatable bonds is 4. The van der Waals surface area contributed by atoms with Crippen LogP contribution >= 0.6 is 0 Å². The lowest BCUT2D eigenvalue weighted by molar-refractivity contribution is 0.246. The lowest BCUT2D eigenvalue weighted by Gasteiger charge is -1.91. The van der Waals surface area contributed by atoms with Crippen molar-refractivity contribution in [1.82, 2.24) is 9.97 Å². The van der Waals surface area contributed by atoms with E-state index in [1.807, 2.05) is 0 Å². The molecule has 0 radical (unpaired) electrons. The molecule has 0 bridgehead atoms. The minimum absolute atomic E-state index is 0.0199. The Morgan fingerprint density at radius 2 is 1.21 bits per heavy atom. The molecule has 0 aromatic carbocycles. The van der Waals surface area contributed by atoms with Crippen molar-refractivity contribution in [3.05, 3.63) is 78.7 Å². The molecule has 0 atom stereocenters. The highest BCUT2D eigenvalue weighted by atomic mass is 16.4. The molecule has 0 aliphatic heterocycles. The molecule has 3 rings (SSSR count). The van der Waals surface area contributed by atoms with E-state index in [1.165, 1.54) is 12.2 Å². The summed E-state index contributed by atoms with van der Waals surface area (Å²) >= 11 is 0. The number of aliphatic hydroxyl groups is 2. The Hall–Kier alpha value is -3.10. The van der Waals surface area contributed by atoms with Crippen molar-refractivity contribution in [1.29, 1.82) is 0 Å². The van der Waals surface area contributed by atoms with Crippen molar-refractivity contribution in [2.24, 2.45) is 0 Å². The van der Waals surface area contributed by atoms with Crippen molar-refractivity contribution in [2.45, 2.75) is 13.2 Å². The maximum Gasteiger partial charge on any atom is 0.272 e. The molecule has 0 saturated carbocycles. The second-order valence-corrected chi connectivity index (χ2v) is 4.95. The van der Waals surface area contributed by atoms with Crippen molar-refractivity contribution < 1.29 is 19.0 Å². The van der Waals surface area contributed by atoms with Gasteiger partial charge < -0.3 is 29.0 Å². The molecule has 0 spiro atoms. The summed E-state index contributed by atoms with van der Waals surface area (Å²) in [5, 5.41) is 17.9. The molecular weight excluding hydrogens is 316 g/mol. The summed E-state index contributed by atoms with van der Waals surface area (Å²) in [6.07, 6.45) is 2.72. The highest BCUT2D eigenvalue weighted by Crippen LogP contribution is 2.08. The number of hydrogen-bond donors (Lipinski definition) is 4. The van der Waals surface area contributed by atoms with E-state index in [2.05, 4.69) is 9.97 Å². The number of hydrogen-bond acceptors (Lipinski definition) is 6. The first kappa shape index (κ1) is 15.8. The Balaban J connectivity index is 2.05. The Labute approximate surface area is 134 Å². The highest BCUT2D eigenvalue weighted by Gasteiger charge is 2.02. The van der Waals surface area contributed by atoms with Crippen LogP contribution in [-0.4, -0.2) is 20.2 Å². The van der Waals surface area contributed by atoms with Gasteiger partial charge in [-0.1, -0.05) is 0 Å². The lowest BCUT2D eigenvalue weighted by Crippen LogP contribution is -2.46. The third-order valence-electron chi connectivity index (χ3n) is 3.24. The average Bonchev–Trinajstić information content (AvgIpc) is 3.21. The SMILES string of the molecule is O=c1[nH]c(=Cc2ccc(CO)o2)c(=O)[nH]c1=Cc1ccc(CO)o1. The first-order chi connectivity index (χ1) is 11.6. The quantitative estimate of drug-likeness (QED) is 0.480. The smallest absolute Gasteiger partial charge is 0.272 e. The molecule has 3 heterocycles. The van der Waals surface area contributed by atoms with Crippen LogP contribution in [0.5, 0.6) is 0 Å². The van der Waals surface area contributed by atoms with E-state index in [0.29, 0.717) is 23.0 Å². The third kappa shape index (κ3) is 3.29. The van der Waals surface area contributed by atoms with Crippen LogP contribution in [0.1, 0.15) is 23.0 Å². The molecule has 3 aromatic rings. The Morgan fingerprint density at radius 3 is 1.54 bits per heavy atom. The van der Waals surface area contributed by atoms with Gasteiger partial charge in [-0.05, 0) is 24.3 Å². The largest absolute Gasteiger partial charge is 0.459 e. The second-order valence-electron chi connectivity index (χ2n) is 4.95. The van der Waals surface area contributed by atoms with Crippen molar-refractivity contribution in [3.8, 4) is 0 Å². The molecule has 8 heteroatoms. The number of aromatic nitrogens is 2. The normalized spacial score (nSPS) is 12.9. The van der Waals surface area contributed by atoms with Gasteiger partial charge >= 0.3 is 0 Å². The highest BCUT2D eigenvalue weighted by molar-refractivity contribution is 5.43. The molecule has 0 fully saturated rings. The first-order valence-corrected chi connectivity index (χ1v) is 7.04. The number of nitrogens with one attached hydrogen (secondary N) is 2. The van der Waals surface area contributed by atoms with E-state index in [4.69, 9.17) is 19.0 Å². The van der Waals surface area contributed by atoms with Crippen molar-refractivity contribution in [2.75, 3.05) is 0 Å². The van der Waals surface area contributed by atoms with Gasteiger partial charge in [-0.25, -0.2) is 0 Å². The monoisotopic (exact) mass is 330 g/mol. The van der Waals surface area contributed by atoms with E-state index in [1.54, 1.807) is 24.3 Å². The summed E-state index contributed by atoms with van der Waals surface area (Å²) in [5.41, 5.74) is -1.03. The van der Waals surface area contributed by atoms with Crippen LogP contribution in [0.4, 0.5) is 0 Å². The van der Waals surface area contributed by atoms with Crippen LogP contribution in [0.3, 0.4) is 0 Å². The van der Waals surface area contributed by atoms with Crippen molar-refractivity contribution in [3.63, 3.8) is 0 Å². The van der Waals surface area contributed by atoms with Gasteiger partial charge in [-0.3, -0.25) is 9.59 Å². The fraction of sp³-hybridized carbons (Fsp3) is 0.125. The van der Waals surface area contributed by atoms with Gasteiger partial charge in [0.25, 0.3) is 11.1 Å². The van der Waals surface area contributed by atoms with Gasteiger partial charge in [0, 0.05) is 12.2 Å². The maximum absolute atomic E-state index is 12.1. The molecular formula is C16H14N2O6. The average molecular weight is 330 g/mol. The van der Waals surface area contributed by atoms with Crippen molar-refractivity contribution >= 4 is 12.2 Å². The second kappa shape index (κ2) is 6.57. The molecule has 8 nitrogen and oxygen atoms in total. The summed E-state index contributed by atoms with van der Waals surface area (Å²) in [6.45, 7) is -0.513. The predicted molar refractivity (Wildman–Crippen MR) is 83.3 cm³/mol. The van der Waals surface area contributed by atoms with Gasteiger partial charge in [0.2, 0.25) is 0 Å². The summed E-state index contributed by atoms with van der Waals surface area (Å²) in [4.78, 5) is 29.1. The lowest BCUT2D eigenvalue weighted by atomic mass is 10.3. The van der Waals surface area contributed by atoms with Crippen LogP contribution in [0, 0.1) is 0 Å². The Bertz CT molecular complexity index is 995. The summed E-state index contributed by atoms with van der Waals surface area (Å²) in [5.74, 6) is 1.36. The molecule has 0 aliphatic carbocycles. The fourth-order valence-corrected chi connectivity index (χ4v) is 2.09. The molecule has 124 valence electrons. The summed E-state index contributed by atoms with van der Waals surface area (Å²) < 4.78 is 10.5.